The smallest absolute Gasteiger partial charge is 0.303 e. The lowest BCUT2D eigenvalue weighted by atomic mass is 9.91. The highest BCUT2D eigenvalue weighted by molar-refractivity contribution is 6.00. The fraction of sp³-hybridized carbons (Fsp3) is 0.571. The molecule has 2 aromatic carbocycles. The Morgan fingerprint density at radius 3 is 2.37 bits per heavy atom. The first-order chi connectivity index (χ1) is 20.8. The van der Waals surface area contributed by atoms with Crippen LogP contribution in [0.5, 0.6) is 11.5 Å². The number of aliphatic hydroxyl groups excluding tert-OH is 1. The number of Topliss-reactive ketones (excluding diaryl/α,β-unsaturated/α-hetero) is 1. The van der Waals surface area contributed by atoms with Crippen LogP contribution in [0.4, 0.5) is 0 Å². The van der Waals surface area contributed by atoms with Crippen LogP contribution in [0.15, 0.2) is 30.3 Å². The van der Waals surface area contributed by atoms with Gasteiger partial charge >= 0.3 is 11.9 Å². The Bertz CT molecular complexity index is 1200. The minimum Gasteiger partial charge on any atom is -0.493 e. The van der Waals surface area contributed by atoms with E-state index in [0.29, 0.717) is 43.8 Å². The van der Waals surface area contributed by atoms with Crippen LogP contribution in [0, 0.1) is 0 Å². The van der Waals surface area contributed by atoms with Gasteiger partial charge in [0.05, 0.1) is 24.9 Å². The zero-order valence-corrected chi connectivity index (χ0v) is 25.6. The number of carboxylic acids is 2. The molecule has 3 N–H and O–H groups in total. The van der Waals surface area contributed by atoms with E-state index in [0.717, 1.165) is 86.6 Å². The van der Waals surface area contributed by atoms with Gasteiger partial charge in [-0.15, -0.1) is 0 Å². The standard InChI is InChI=1S/C35H48O8/c1-2-12-26-25(18-19-29-31(37)22-24-43-35(26)29)13-7-6-8-15-30(36)27-14-11-16-32(28(27)20-21-34(40)41)42-23-10-5-3-4-9-17-33(38)39/h11,14,16,18-19,30,36H,2-10,12-13,15,17,20-24H2,1H3,(H,38,39)(H,40,41). The van der Waals surface area contributed by atoms with Crippen molar-refractivity contribution in [2.24, 2.45) is 0 Å². The van der Waals surface area contributed by atoms with Crippen LogP contribution in [0.3, 0.4) is 0 Å². The number of fused-ring (bicyclic) bond motifs is 1. The number of rotatable bonds is 21. The second-order valence-electron chi connectivity index (χ2n) is 11.4. The number of aliphatic carboxylic acids is 2. The van der Waals surface area contributed by atoms with Crippen molar-refractivity contribution in [2.45, 2.75) is 116 Å². The molecular weight excluding hydrogens is 548 g/mol. The molecule has 8 nitrogen and oxygen atoms in total. The van der Waals surface area contributed by atoms with E-state index in [-0.39, 0.29) is 25.0 Å². The molecule has 1 aliphatic rings. The Kier molecular flexibility index (Phi) is 14.5. The predicted octanol–water partition coefficient (Wildman–Crippen LogP) is 7.26. The molecule has 1 unspecified atom stereocenters. The first-order valence-corrected chi connectivity index (χ1v) is 16.0. The zero-order chi connectivity index (χ0) is 31.0. The fourth-order valence-corrected chi connectivity index (χ4v) is 5.80. The summed E-state index contributed by atoms with van der Waals surface area (Å²) in [4.78, 5) is 34.3. The van der Waals surface area contributed by atoms with Crippen LogP contribution >= 0.6 is 0 Å². The van der Waals surface area contributed by atoms with Gasteiger partial charge in [0.25, 0.3) is 0 Å². The van der Waals surface area contributed by atoms with Crippen molar-refractivity contribution in [1.29, 1.82) is 0 Å². The molecule has 0 amide bonds. The lowest BCUT2D eigenvalue weighted by Gasteiger charge is -2.22. The highest BCUT2D eigenvalue weighted by Gasteiger charge is 2.23. The molecule has 0 spiro atoms. The molecule has 0 bridgehead atoms. The number of aryl methyl sites for hydroxylation is 1. The summed E-state index contributed by atoms with van der Waals surface area (Å²) in [6.07, 6.45) is 10.5. The van der Waals surface area contributed by atoms with Crippen molar-refractivity contribution in [2.75, 3.05) is 13.2 Å². The van der Waals surface area contributed by atoms with E-state index in [1.165, 1.54) is 5.56 Å². The predicted molar refractivity (Wildman–Crippen MR) is 165 cm³/mol. The minimum atomic E-state index is -0.893. The molecule has 0 aromatic heterocycles. The third-order valence-electron chi connectivity index (χ3n) is 8.07. The molecule has 1 atom stereocenters. The number of ketones is 1. The quantitative estimate of drug-likeness (QED) is 0.128. The van der Waals surface area contributed by atoms with Crippen molar-refractivity contribution in [3.63, 3.8) is 0 Å². The summed E-state index contributed by atoms with van der Waals surface area (Å²) in [7, 11) is 0. The Morgan fingerprint density at radius 1 is 0.860 bits per heavy atom. The summed E-state index contributed by atoms with van der Waals surface area (Å²) < 4.78 is 12.0. The van der Waals surface area contributed by atoms with Crippen molar-refractivity contribution < 1.29 is 39.2 Å². The topological polar surface area (TPSA) is 130 Å². The van der Waals surface area contributed by atoms with E-state index < -0.39 is 18.0 Å². The second-order valence-corrected chi connectivity index (χ2v) is 11.4. The molecule has 0 saturated heterocycles. The highest BCUT2D eigenvalue weighted by Crippen LogP contribution is 2.34. The number of carbonyl (C=O) groups is 3. The molecule has 3 rings (SSSR count). The van der Waals surface area contributed by atoms with Crippen LogP contribution < -0.4 is 9.47 Å². The monoisotopic (exact) mass is 596 g/mol. The highest BCUT2D eigenvalue weighted by atomic mass is 16.5. The maximum atomic E-state index is 12.3. The first-order valence-electron chi connectivity index (χ1n) is 16.0. The molecule has 8 heteroatoms. The maximum absolute atomic E-state index is 12.3. The van der Waals surface area contributed by atoms with Gasteiger partial charge in [-0.05, 0) is 73.8 Å². The third kappa shape index (κ3) is 11.0. The Morgan fingerprint density at radius 2 is 1.60 bits per heavy atom. The Hall–Kier alpha value is -3.39. The first kappa shape index (κ1) is 34.1. The molecule has 236 valence electrons. The van der Waals surface area contributed by atoms with E-state index >= 15 is 0 Å². The summed E-state index contributed by atoms with van der Waals surface area (Å²) in [6, 6.07) is 9.53. The van der Waals surface area contributed by atoms with Crippen molar-refractivity contribution >= 4 is 17.7 Å². The molecule has 1 aliphatic heterocycles. The van der Waals surface area contributed by atoms with Crippen molar-refractivity contribution in [3.05, 3.63) is 58.1 Å². The van der Waals surface area contributed by atoms with Crippen molar-refractivity contribution in [3.8, 4) is 11.5 Å². The second kappa shape index (κ2) is 18.3. The van der Waals surface area contributed by atoms with Crippen LogP contribution in [-0.4, -0.2) is 46.3 Å². The number of aliphatic hydroxyl groups is 1. The van der Waals surface area contributed by atoms with E-state index in [2.05, 4.69) is 13.0 Å². The summed E-state index contributed by atoms with van der Waals surface area (Å²) in [5.74, 6) is -0.101. The summed E-state index contributed by atoms with van der Waals surface area (Å²) >= 11 is 0. The van der Waals surface area contributed by atoms with Gasteiger partial charge in [-0.25, -0.2) is 0 Å². The molecular formula is C35H48O8. The average molecular weight is 597 g/mol. The molecule has 0 radical (unpaired) electrons. The molecule has 43 heavy (non-hydrogen) atoms. The van der Waals surface area contributed by atoms with Gasteiger partial charge in [0, 0.05) is 24.8 Å². The van der Waals surface area contributed by atoms with Crippen molar-refractivity contribution in [1.82, 2.24) is 0 Å². The largest absolute Gasteiger partial charge is 0.493 e. The van der Waals surface area contributed by atoms with E-state index in [9.17, 15) is 24.6 Å². The molecule has 1 heterocycles. The maximum Gasteiger partial charge on any atom is 0.303 e. The lowest BCUT2D eigenvalue weighted by Crippen LogP contribution is -2.17. The number of hydrogen-bond donors (Lipinski definition) is 3. The number of hydrogen-bond acceptors (Lipinski definition) is 6. The summed E-state index contributed by atoms with van der Waals surface area (Å²) in [5.41, 5.74) is 4.59. The Balaban J connectivity index is 1.52. The van der Waals surface area contributed by atoms with Gasteiger partial charge in [-0.3, -0.25) is 14.4 Å². The van der Waals surface area contributed by atoms with E-state index in [4.69, 9.17) is 14.6 Å². The summed E-state index contributed by atoms with van der Waals surface area (Å²) in [6.45, 7) is 3.06. The molecule has 0 saturated carbocycles. The van der Waals surface area contributed by atoms with Crippen LogP contribution in [-0.2, 0) is 28.9 Å². The normalized spacial score (nSPS) is 13.3. The third-order valence-corrected chi connectivity index (χ3v) is 8.07. The van der Waals surface area contributed by atoms with Crippen LogP contribution in [0.25, 0.3) is 0 Å². The number of carbonyl (C=O) groups excluding carboxylic acids is 1. The molecule has 0 aliphatic carbocycles. The Labute approximate surface area is 255 Å². The molecule has 0 fully saturated rings. The number of carboxylic acid groups (broad SMARTS) is 2. The lowest BCUT2D eigenvalue weighted by molar-refractivity contribution is -0.138. The number of unbranched alkanes of at least 4 members (excludes halogenated alkanes) is 6. The van der Waals surface area contributed by atoms with Gasteiger partial charge in [-0.2, -0.15) is 0 Å². The SMILES string of the molecule is CCCc1c(CCCCCC(O)c2cccc(OCCCCCCCC(=O)O)c2CCC(=O)O)ccc2c1OCCC2=O. The van der Waals surface area contributed by atoms with E-state index in [1.807, 2.05) is 24.3 Å². The zero-order valence-electron chi connectivity index (χ0n) is 25.6. The summed E-state index contributed by atoms with van der Waals surface area (Å²) in [5, 5.41) is 29.2. The van der Waals surface area contributed by atoms with Crippen LogP contribution in [0.1, 0.15) is 129 Å². The molecule has 2 aromatic rings. The fourth-order valence-electron chi connectivity index (χ4n) is 5.80. The number of ether oxygens (including phenoxy) is 2. The van der Waals surface area contributed by atoms with Gasteiger partial charge in [-0.1, -0.05) is 63.6 Å². The van der Waals surface area contributed by atoms with Gasteiger partial charge < -0.3 is 24.8 Å². The van der Waals surface area contributed by atoms with Gasteiger partial charge in [0.2, 0.25) is 0 Å². The minimum absolute atomic E-state index is 0.0418. The average Bonchev–Trinajstić information content (AvgIpc) is 2.98. The van der Waals surface area contributed by atoms with Crippen LogP contribution in [0.2, 0.25) is 0 Å². The van der Waals surface area contributed by atoms with E-state index in [1.54, 1.807) is 0 Å². The van der Waals surface area contributed by atoms with Gasteiger partial charge in [0.1, 0.15) is 11.5 Å². The van der Waals surface area contributed by atoms with Gasteiger partial charge in [0.15, 0.2) is 5.78 Å². The number of benzene rings is 2.